The Labute approximate surface area is 254 Å². The fourth-order valence-corrected chi connectivity index (χ4v) is 7.37. The molecule has 210 valence electrons. The molecule has 1 N–H and O–H groups in total. The molecule has 4 aromatic rings. The summed E-state index contributed by atoms with van der Waals surface area (Å²) in [5.41, 5.74) is 2.34. The number of hydrogen-bond acceptors (Lipinski definition) is 11. The number of benzene rings is 2. The molecule has 0 unspecified atom stereocenters. The smallest absolute Gasteiger partial charge is 0.266 e. The lowest BCUT2D eigenvalue weighted by Crippen LogP contribution is -2.36. The van der Waals surface area contributed by atoms with Gasteiger partial charge in [0.05, 0.1) is 16.8 Å². The molecule has 0 bridgehead atoms. The number of fused-ring (bicyclic) bond motifs is 1. The van der Waals surface area contributed by atoms with Crippen molar-refractivity contribution in [1.29, 1.82) is 0 Å². The average Bonchev–Trinajstić information content (AvgIpc) is 3.67. The molecule has 1 aliphatic carbocycles. The number of carbonyl (C=O) groups excluding carboxylic acids is 2. The maximum absolute atomic E-state index is 13.2. The van der Waals surface area contributed by atoms with E-state index < -0.39 is 5.91 Å². The standard InChI is InChI=1S/C28H25N5O4S4/c34-23(30-26-32-31-24(41-26)16-39-27-29-19-11-5-7-13-21(19)37-27)15-33-25(35)22(40-28(33)38)14-17-8-4-6-12-20(17)36-18-9-2-1-3-10-18/h4-8,11-14,18H,1-3,9-10,15-16H2,(H,30,32,34)/b22-14-. The van der Waals surface area contributed by atoms with Gasteiger partial charge in [-0.25, -0.2) is 4.98 Å². The van der Waals surface area contributed by atoms with Crippen LogP contribution in [0, 0.1) is 0 Å². The van der Waals surface area contributed by atoms with Gasteiger partial charge >= 0.3 is 0 Å². The third-order valence-corrected chi connectivity index (χ3v) is 9.77. The number of hydrogen-bond donors (Lipinski definition) is 1. The lowest BCUT2D eigenvalue weighted by molar-refractivity contribution is -0.126. The van der Waals surface area contributed by atoms with Crippen LogP contribution < -0.4 is 10.1 Å². The number of thiocarbonyl (C=S) groups is 1. The first kappa shape index (κ1) is 27.9. The van der Waals surface area contributed by atoms with Gasteiger partial charge in [-0.15, -0.1) is 10.2 Å². The molecule has 9 nitrogen and oxygen atoms in total. The number of rotatable bonds is 9. The van der Waals surface area contributed by atoms with Crippen molar-refractivity contribution in [3.8, 4) is 5.75 Å². The Morgan fingerprint density at radius 1 is 1.15 bits per heavy atom. The number of carbonyl (C=O) groups is 2. The molecule has 2 aliphatic rings. The van der Waals surface area contributed by atoms with Gasteiger partial charge in [0.25, 0.3) is 11.1 Å². The molecule has 0 spiro atoms. The molecule has 2 aromatic heterocycles. The average molecular weight is 624 g/mol. The number of nitrogens with one attached hydrogen (secondary N) is 1. The summed E-state index contributed by atoms with van der Waals surface area (Å²) < 4.78 is 12.3. The number of para-hydroxylation sites is 3. The van der Waals surface area contributed by atoms with Crippen molar-refractivity contribution >= 4 is 85.5 Å². The summed E-state index contributed by atoms with van der Waals surface area (Å²) in [6.45, 7) is -0.213. The quantitative estimate of drug-likeness (QED) is 0.126. The van der Waals surface area contributed by atoms with Gasteiger partial charge in [0.15, 0.2) is 5.58 Å². The van der Waals surface area contributed by atoms with E-state index in [1.807, 2.05) is 48.5 Å². The molecular weight excluding hydrogens is 599 g/mol. The van der Waals surface area contributed by atoms with Gasteiger partial charge in [-0.05, 0) is 50.0 Å². The van der Waals surface area contributed by atoms with E-state index in [-0.39, 0.29) is 18.6 Å². The van der Waals surface area contributed by atoms with Crippen molar-refractivity contribution in [1.82, 2.24) is 20.1 Å². The third-order valence-electron chi connectivity index (χ3n) is 6.53. The van der Waals surface area contributed by atoms with Crippen LogP contribution in [0.2, 0.25) is 0 Å². The fraction of sp³-hybridized carbons (Fsp3) is 0.286. The summed E-state index contributed by atoms with van der Waals surface area (Å²) in [7, 11) is 0. The van der Waals surface area contributed by atoms with Crippen LogP contribution >= 0.6 is 47.1 Å². The Morgan fingerprint density at radius 2 is 1.95 bits per heavy atom. The van der Waals surface area contributed by atoms with Gasteiger partial charge < -0.3 is 9.15 Å². The van der Waals surface area contributed by atoms with Gasteiger partial charge in [0, 0.05) is 5.56 Å². The lowest BCUT2D eigenvalue weighted by Gasteiger charge is -2.23. The number of thioether (sulfide) groups is 2. The zero-order chi connectivity index (χ0) is 28.2. The molecule has 0 radical (unpaired) electrons. The first-order valence-corrected chi connectivity index (χ1v) is 16.2. The molecule has 0 atom stereocenters. The highest BCUT2D eigenvalue weighted by Gasteiger charge is 2.34. The third kappa shape index (κ3) is 6.80. The Hall–Kier alpha value is -3.26. The van der Waals surface area contributed by atoms with Gasteiger partial charge in [-0.2, -0.15) is 0 Å². The van der Waals surface area contributed by atoms with Crippen LogP contribution in [-0.2, 0) is 15.3 Å². The molecule has 3 heterocycles. The topological polar surface area (TPSA) is 110 Å². The number of oxazole rings is 1. The Bertz CT molecular complexity index is 1600. The van der Waals surface area contributed by atoms with Crippen molar-refractivity contribution in [3.63, 3.8) is 0 Å². The minimum atomic E-state index is -0.405. The van der Waals surface area contributed by atoms with Crippen LogP contribution in [0.5, 0.6) is 5.75 Å². The van der Waals surface area contributed by atoms with E-state index in [9.17, 15) is 9.59 Å². The second-order valence-electron chi connectivity index (χ2n) is 9.47. The van der Waals surface area contributed by atoms with E-state index >= 15 is 0 Å². The van der Waals surface area contributed by atoms with Crippen LogP contribution in [0.25, 0.3) is 17.2 Å². The van der Waals surface area contributed by atoms with E-state index in [0.29, 0.717) is 30.3 Å². The Morgan fingerprint density at radius 3 is 2.80 bits per heavy atom. The van der Waals surface area contributed by atoms with Crippen LogP contribution in [0.15, 0.2) is 63.1 Å². The molecular formula is C28H25N5O4S4. The first-order chi connectivity index (χ1) is 20.0. The Kier molecular flexibility index (Phi) is 8.65. The van der Waals surface area contributed by atoms with Crippen LogP contribution in [0.1, 0.15) is 42.7 Å². The molecule has 1 saturated heterocycles. The van der Waals surface area contributed by atoms with Gasteiger partial charge in [-0.1, -0.05) is 83.8 Å². The van der Waals surface area contributed by atoms with Gasteiger partial charge in [0.2, 0.25) is 11.0 Å². The minimum Gasteiger partial charge on any atom is -0.490 e. The van der Waals surface area contributed by atoms with Crippen molar-refractivity contribution in [2.45, 2.75) is 49.2 Å². The molecule has 1 aliphatic heterocycles. The fourth-order valence-electron chi connectivity index (χ4n) is 4.55. The zero-order valence-corrected chi connectivity index (χ0v) is 25.0. The summed E-state index contributed by atoms with van der Waals surface area (Å²) in [6.07, 6.45) is 7.66. The van der Waals surface area contributed by atoms with Crippen LogP contribution in [0.4, 0.5) is 5.13 Å². The highest BCUT2D eigenvalue weighted by Crippen LogP contribution is 2.35. The van der Waals surface area contributed by atoms with E-state index in [0.717, 1.165) is 35.3 Å². The summed E-state index contributed by atoms with van der Waals surface area (Å²) in [5, 5.41) is 12.5. The number of amides is 2. The highest BCUT2D eigenvalue weighted by atomic mass is 32.2. The van der Waals surface area contributed by atoms with Crippen LogP contribution in [-0.4, -0.2) is 48.9 Å². The molecule has 41 heavy (non-hydrogen) atoms. The zero-order valence-electron chi connectivity index (χ0n) is 21.8. The second kappa shape index (κ2) is 12.7. The maximum Gasteiger partial charge on any atom is 0.266 e. The van der Waals surface area contributed by atoms with Crippen molar-refractivity contribution in [3.05, 3.63) is 64.0 Å². The second-order valence-corrected chi connectivity index (χ2v) is 13.1. The number of aromatic nitrogens is 3. The van der Waals surface area contributed by atoms with Gasteiger partial charge in [0.1, 0.15) is 27.1 Å². The summed E-state index contributed by atoms with van der Waals surface area (Å²) >= 11 is 9.27. The molecule has 2 fully saturated rings. The van der Waals surface area contributed by atoms with E-state index in [1.54, 1.807) is 6.08 Å². The minimum absolute atomic E-state index is 0.192. The molecule has 2 amide bonds. The number of nitrogens with zero attached hydrogens (tertiary/aromatic N) is 4. The normalized spacial score (nSPS) is 17.1. The molecule has 13 heteroatoms. The lowest BCUT2D eigenvalue weighted by atomic mass is 9.97. The SMILES string of the molecule is O=C(CN1C(=O)/C(=C/c2ccccc2OC2CCCCC2)SC1=S)Nc1nnc(CSc2nc3ccccc3o2)s1. The monoisotopic (exact) mass is 623 g/mol. The maximum atomic E-state index is 13.2. The number of ether oxygens (including phenoxy) is 1. The first-order valence-electron chi connectivity index (χ1n) is 13.1. The Balaban J connectivity index is 1.05. The predicted molar refractivity (Wildman–Crippen MR) is 166 cm³/mol. The summed E-state index contributed by atoms with van der Waals surface area (Å²) in [6, 6.07) is 15.3. The van der Waals surface area contributed by atoms with Crippen molar-refractivity contribution in [2.75, 3.05) is 11.9 Å². The number of anilines is 1. The summed E-state index contributed by atoms with van der Waals surface area (Å²) in [5.74, 6) is 0.531. The van der Waals surface area contributed by atoms with Crippen molar-refractivity contribution < 1.29 is 18.7 Å². The van der Waals surface area contributed by atoms with E-state index in [4.69, 9.17) is 21.4 Å². The van der Waals surface area contributed by atoms with Crippen LogP contribution in [0.3, 0.4) is 0 Å². The summed E-state index contributed by atoms with van der Waals surface area (Å²) in [4.78, 5) is 32.2. The largest absolute Gasteiger partial charge is 0.490 e. The molecule has 2 aromatic carbocycles. The highest BCUT2D eigenvalue weighted by molar-refractivity contribution is 8.26. The van der Waals surface area contributed by atoms with Gasteiger partial charge in [-0.3, -0.25) is 19.8 Å². The van der Waals surface area contributed by atoms with E-state index in [2.05, 4.69) is 20.5 Å². The molecule has 6 rings (SSSR count). The van der Waals surface area contributed by atoms with Crippen molar-refractivity contribution in [2.24, 2.45) is 0 Å². The predicted octanol–water partition coefficient (Wildman–Crippen LogP) is 6.52. The van der Waals surface area contributed by atoms with E-state index in [1.165, 1.54) is 59.0 Å². The molecule has 1 saturated carbocycles.